The van der Waals surface area contributed by atoms with Crippen molar-refractivity contribution < 1.29 is 9.53 Å². The summed E-state index contributed by atoms with van der Waals surface area (Å²) in [5.41, 5.74) is 3.78. The van der Waals surface area contributed by atoms with E-state index in [1.807, 2.05) is 0 Å². The second kappa shape index (κ2) is 4.67. The minimum atomic E-state index is -0.333. The second-order valence-corrected chi connectivity index (χ2v) is 6.09. The molecular weight excluding hydrogens is 240 g/mol. The monoisotopic (exact) mass is 264 g/mol. The smallest absolute Gasteiger partial charge is 0.323 e. The van der Waals surface area contributed by atoms with Crippen molar-refractivity contribution in [3.05, 3.63) is 23.0 Å². The Morgan fingerprint density at radius 2 is 2.21 bits per heavy atom. The summed E-state index contributed by atoms with van der Waals surface area (Å²) >= 11 is 0. The molecule has 1 N–H and O–H groups in total. The van der Waals surface area contributed by atoms with Crippen LogP contribution in [0.25, 0.3) is 0 Å². The number of aryl methyl sites for hydroxylation is 1. The van der Waals surface area contributed by atoms with E-state index in [1.54, 1.807) is 7.05 Å². The van der Waals surface area contributed by atoms with E-state index in [0.717, 1.165) is 6.42 Å². The minimum Gasteiger partial charge on any atom is -0.468 e. The standard InChI is InChI=1S/C15H24N2O2/c1-9-7-10-11(8-17(5)12(9)10)15(2,3)13(16-4)14(18)19-6/h8-9,13,16H,7H2,1-6H3/t9?,13-/m1/s1. The predicted molar refractivity (Wildman–Crippen MR) is 75.4 cm³/mol. The van der Waals surface area contributed by atoms with Crippen LogP contribution >= 0.6 is 0 Å². The number of likely N-dealkylation sites (N-methyl/N-ethyl adjacent to an activating group) is 1. The lowest BCUT2D eigenvalue weighted by Gasteiger charge is -2.35. The number of methoxy groups -OCH3 is 1. The lowest BCUT2D eigenvalue weighted by Crippen LogP contribution is -2.49. The van der Waals surface area contributed by atoms with Crippen LogP contribution in [0.5, 0.6) is 0 Å². The second-order valence-electron chi connectivity index (χ2n) is 6.09. The van der Waals surface area contributed by atoms with E-state index in [0.29, 0.717) is 5.92 Å². The van der Waals surface area contributed by atoms with Crippen molar-refractivity contribution in [2.45, 2.75) is 44.6 Å². The van der Waals surface area contributed by atoms with Gasteiger partial charge in [0.15, 0.2) is 0 Å². The van der Waals surface area contributed by atoms with Crippen molar-refractivity contribution in [2.75, 3.05) is 14.2 Å². The van der Waals surface area contributed by atoms with Crippen LogP contribution in [0.2, 0.25) is 0 Å². The summed E-state index contributed by atoms with van der Waals surface area (Å²) in [6, 6.07) is -0.333. The zero-order chi connectivity index (χ0) is 14.4. The molecule has 1 aromatic rings. The van der Waals surface area contributed by atoms with Crippen molar-refractivity contribution in [2.24, 2.45) is 7.05 Å². The van der Waals surface area contributed by atoms with Crippen molar-refractivity contribution >= 4 is 5.97 Å². The van der Waals surface area contributed by atoms with Gasteiger partial charge in [-0.25, -0.2) is 0 Å². The third kappa shape index (κ3) is 1.98. The molecule has 0 bridgehead atoms. The average molecular weight is 264 g/mol. The third-order valence-electron chi connectivity index (χ3n) is 4.46. The van der Waals surface area contributed by atoms with Gasteiger partial charge in [0.2, 0.25) is 0 Å². The first-order valence-electron chi connectivity index (χ1n) is 6.78. The zero-order valence-corrected chi connectivity index (χ0v) is 12.7. The summed E-state index contributed by atoms with van der Waals surface area (Å²) in [4.78, 5) is 12.0. The van der Waals surface area contributed by atoms with Crippen LogP contribution in [0.1, 0.15) is 43.5 Å². The third-order valence-corrected chi connectivity index (χ3v) is 4.46. The number of carbonyl (C=O) groups excluding carboxylic acids is 1. The topological polar surface area (TPSA) is 43.3 Å². The highest BCUT2D eigenvalue weighted by molar-refractivity contribution is 5.78. The maximum atomic E-state index is 12.0. The van der Waals surface area contributed by atoms with Crippen LogP contribution in [0, 0.1) is 0 Å². The highest BCUT2D eigenvalue weighted by atomic mass is 16.5. The Morgan fingerprint density at radius 3 is 2.63 bits per heavy atom. The summed E-state index contributed by atoms with van der Waals surface area (Å²) in [6.07, 6.45) is 3.27. The maximum Gasteiger partial charge on any atom is 0.323 e. The van der Waals surface area contributed by atoms with Gasteiger partial charge in [-0.3, -0.25) is 4.79 Å². The van der Waals surface area contributed by atoms with Gasteiger partial charge in [-0.1, -0.05) is 20.8 Å². The first-order chi connectivity index (χ1) is 8.84. The summed E-state index contributed by atoms with van der Waals surface area (Å²) in [6.45, 7) is 6.45. The molecule has 2 rings (SSSR count). The minimum absolute atomic E-state index is 0.211. The summed E-state index contributed by atoms with van der Waals surface area (Å²) in [7, 11) is 5.33. The van der Waals surface area contributed by atoms with Crippen molar-refractivity contribution in [1.82, 2.24) is 9.88 Å². The number of esters is 1. The molecule has 106 valence electrons. The molecule has 4 heteroatoms. The van der Waals surface area contributed by atoms with E-state index >= 15 is 0 Å². The fourth-order valence-electron chi connectivity index (χ4n) is 3.43. The molecule has 1 unspecified atom stereocenters. The molecule has 0 fully saturated rings. The van der Waals surface area contributed by atoms with E-state index in [9.17, 15) is 4.79 Å². The normalized spacial score (nSPS) is 19.6. The Kier molecular flexibility index (Phi) is 3.47. The summed E-state index contributed by atoms with van der Waals surface area (Å²) < 4.78 is 7.12. The quantitative estimate of drug-likeness (QED) is 0.842. The molecular formula is C15H24N2O2. The summed E-state index contributed by atoms with van der Waals surface area (Å²) in [5.74, 6) is 0.410. The number of aromatic nitrogens is 1. The first kappa shape index (κ1) is 14.1. The van der Waals surface area contributed by atoms with Crippen molar-refractivity contribution in [1.29, 1.82) is 0 Å². The van der Waals surface area contributed by atoms with Crippen LogP contribution in [-0.2, 0) is 28.4 Å². The number of rotatable bonds is 4. The average Bonchev–Trinajstić information content (AvgIpc) is 2.60. The molecule has 1 aliphatic rings. The first-order valence-corrected chi connectivity index (χ1v) is 6.78. The fourth-order valence-corrected chi connectivity index (χ4v) is 3.43. The lowest BCUT2D eigenvalue weighted by atomic mass is 9.72. The number of hydrogen-bond acceptors (Lipinski definition) is 3. The van der Waals surface area contributed by atoms with Gasteiger partial charge in [0.05, 0.1) is 7.11 Å². The van der Waals surface area contributed by atoms with Gasteiger partial charge in [0.1, 0.15) is 6.04 Å². The van der Waals surface area contributed by atoms with Crippen molar-refractivity contribution in [3.8, 4) is 0 Å². The zero-order valence-electron chi connectivity index (χ0n) is 12.7. The highest BCUT2D eigenvalue weighted by Gasteiger charge is 2.42. The molecule has 1 heterocycles. The SMILES string of the molecule is CN[C@H](C(=O)OC)C(C)(C)c1cn(C)c2c1CC2C. The fraction of sp³-hybridized carbons (Fsp3) is 0.667. The molecule has 0 saturated carbocycles. The highest BCUT2D eigenvalue weighted by Crippen LogP contribution is 2.43. The molecule has 0 amide bonds. The Hall–Kier alpha value is -1.29. The van der Waals surface area contributed by atoms with Crippen molar-refractivity contribution in [3.63, 3.8) is 0 Å². The molecule has 1 aliphatic carbocycles. The molecule has 19 heavy (non-hydrogen) atoms. The number of ether oxygens (including phenoxy) is 1. The summed E-state index contributed by atoms with van der Waals surface area (Å²) in [5, 5.41) is 3.10. The molecule has 0 radical (unpaired) electrons. The van der Waals surface area contributed by atoms with E-state index in [1.165, 1.54) is 23.9 Å². The molecule has 0 spiro atoms. The largest absolute Gasteiger partial charge is 0.468 e. The molecule has 0 saturated heterocycles. The van der Waals surface area contributed by atoms with Gasteiger partial charge in [-0.2, -0.15) is 0 Å². The molecule has 0 aliphatic heterocycles. The van der Waals surface area contributed by atoms with Gasteiger partial charge < -0.3 is 14.6 Å². The van der Waals surface area contributed by atoms with E-state index in [2.05, 4.69) is 43.9 Å². The number of fused-ring (bicyclic) bond motifs is 1. The number of nitrogens with one attached hydrogen (secondary N) is 1. The number of carbonyl (C=O) groups is 1. The molecule has 0 aromatic carbocycles. The number of nitrogens with zero attached hydrogens (tertiary/aromatic N) is 1. The lowest BCUT2D eigenvalue weighted by molar-refractivity contribution is -0.144. The van der Waals surface area contributed by atoms with Crippen LogP contribution in [0.3, 0.4) is 0 Å². The van der Waals surface area contributed by atoms with Crippen LogP contribution in [0.15, 0.2) is 6.20 Å². The van der Waals surface area contributed by atoms with Crippen LogP contribution < -0.4 is 5.32 Å². The van der Waals surface area contributed by atoms with Gasteiger partial charge >= 0.3 is 5.97 Å². The maximum absolute atomic E-state index is 12.0. The van der Waals surface area contributed by atoms with Gasteiger partial charge in [-0.15, -0.1) is 0 Å². The Bertz CT molecular complexity index is 502. The van der Waals surface area contributed by atoms with Crippen LogP contribution in [0.4, 0.5) is 0 Å². The Morgan fingerprint density at radius 1 is 1.58 bits per heavy atom. The van der Waals surface area contributed by atoms with Gasteiger partial charge in [0.25, 0.3) is 0 Å². The van der Waals surface area contributed by atoms with Gasteiger partial charge in [-0.05, 0) is 24.6 Å². The Balaban J connectivity index is 2.42. The molecule has 1 aromatic heterocycles. The van der Waals surface area contributed by atoms with Crippen LogP contribution in [-0.4, -0.2) is 30.7 Å². The number of hydrogen-bond donors (Lipinski definition) is 1. The van der Waals surface area contributed by atoms with Gasteiger partial charge in [0, 0.05) is 30.3 Å². The van der Waals surface area contributed by atoms with E-state index in [-0.39, 0.29) is 17.4 Å². The predicted octanol–water partition coefficient (Wildman–Crippen LogP) is 1.72. The van der Waals surface area contributed by atoms with E-state index in [4.69, 9.17) is 4.74 Å². The molecule has 4 nitrogen and oxygen atoms in total. The Labute approximate surface area is 115 Å². The molecule has 2 atom stereocenters. The van der Waals surface area contributed by atoms with E-state index < -0.39 is 0 Å².